The van der Waals surface area contributed by atoms with Crippen LogP contribution in [0.25, 0.3) is 0 Å². The van der Waals surface area contributed by atoms with Crippen LogP contribution in [-0.2, 0) is 17.6 Å². The maximum atomic E-state index is 12.2. The lowest BCUT2D eigenvalue weighted by molar-refractivity contribution is -0.119. The van der Waals surface area contributed by atoms with E-state index in [4.69, 9.17) is 16.3 Å². The van der Waals surface area contributed by atoms with Gasteiger partial charge >= 0.3 is 0 Å². The van der Waals surface area contributed by atoms with Crippen LogP contribution in [0.5, 0.6) is 5.75 Å². The van der Waals surface area contributed by atoms with Crippen molar-refractivity contribution in [1.82, 2.24) is 0 Å². The standard InChI is InChI=1S/C19H21ClO3/c1-23-19-8-4-14(5-9-19)10-16(13-21)12-18(22)11-15-2-6-17(20)7-3-15/h2-9,16,21H,10-13H2,1H3. The summed E-state index contributed by atoms with van der Waals surface area (Å²) in [5.74, 6) is 0.858. The van der Waals surface area contributed by atoms with Crippen molar-refractivity contribution < 1.29 is 14.6 Å². The van der Waals surface area contributed by atoms with E-state index in [1.54, 1.807) is 19.2 Å². The minimum Gasteiger partial charge on any atom is -0.497 e. The molecule has 0 fully saturated rings. The first-order valence-corrected chi connectivity index (χ1v) is 7.98. The summed E-state index contributed by atoms with van der Waals surface area (Å²) in [6.45, 7) is -0.00160. The highest BCUT2D eigenvalue weighted by atomic mass is 35.5. The van der Waals surface area contributed by atoms with Crippen molar-refractivity contribution in [2.75, 3.05) is 13.7 Å². The van der Waals surface area contributed by atoms with Gasteiger partial charge in [-0.15, -0.1) is 0 Å². The van der Waals surface area contributed by atoms with E-state index in [1.165, 1.54) is 0 Å². The quantitative estimate of drug-likeness (QED) is 0.801. The Bertz CT molecular complexity index is 620. The summed E-state index contributed by atoms with van der Waals surface area (Å²) in [7, 11) is 1.63. The van der Waals surface area contributed by atoms with Crippen LogP contribution in [0, 0.1) is 5.92 Å². The van der Waals surface area contributed by atoms with E-state index < -0.39 is 0 Å². The highest BCUT2D eigenvalue weighted by molar-refractivity contribution is 6.30. The first-order chi connectivity index (χ1) is 11.1. The number of aliphatic hydroxyl groups excluding tert-OH is 1. The van der Waals surface area contributed by atoms with Gasteiger partial charge in [0, 0.05) is 24.5 Å². The summed E-state index contributed by atoms with van der Waals surface area (Å²) in [5, 5.41) is 10.2. The van der Waals surface area contributed by atoms with Crippen molar-refractivity contribution in [3.8, 4) is 5.75 Å². The molecule has 0 amide bonds. The normalized spacial score (nSPS) is 12.0. The molecule has 0 aromatic heterocycles. The zero-order valence-corrected chi connectivity index (χ0v) is 13.9. The number of ketones is 1. The van der Waals surface area contributed by atoms with Crippen LogP contribution < -0.4 is 4.74 Å². The fraction of sp³-hybridized carbons (Fsp3) is 0.316. The molecule has 0 heterocycles. The summed E-state index contributed by atoms with van der Waals surface area (Å²) in [6, 6.07) is 15.0. The Morgan fingerprint density at radius 3 is 2.26 bits per heavy atom. The molecule has 0 aliphatic rings. The molecule has 0 bridgehead atoms. The zero-order valence-electron chi connectivity index (χ0n) is 13.2. The number of carbonyl (C=O) groups excluding carboxylic acids is 1. The molecule has 1 unspecified atom stereocenters. The van der Waals surface area contributed by atoms with Crippen LogP contribution in [0.4, 0.5) is 0 Å². The average Bonchev–Trinajstić information content (AvgIpc) is 2.57. The van der Waals surface area contributed by atoms with Crippen LogP contribution >= 0.6 is 11.6 Å². The molecule has 122 valence electrons. The lowest BCUT2D eigenvalue weighted by Gasteiger charge is -2.14. The lowest BCUT2D eigenvalue weighted by Crippen LogP contribution is -2.16. The third-order valence-corrected chi connectivity index (χ3v) is 4.02. The fourth-order valence-electron chi connectivity index (χ4n) is 2.52. The minimum absolute atomic E-state index is 0.00160. The first kappa shape index (κ1) is 17.5. The Morgan fingerprint density at radius 1 is 1.09 bits per heavy atom. The zero-order chi connectivity index (χ0) is 16.7. The number of carbonyl (C=O) groups is 1. The van der Waals surface area contributed by atoms with Crippen molar-refractivity contribution in [1.29, 1.82) is 0 Å². The number of rotatable bonds is 8. The van der Waals surface area contributed by atoms with E-state index in [1.807, 2.05) is 36.4 Å². The molecule has 0 radical (unpaired) electrons. The van der Waals surface area contributed by atoms with E-state index in [-0.39, 0.29) is 18.3 Å². The van der Waals surface area contributed by atoms with Crippen LogP contribution in [0.15, 0.2) is 48.5 Å². The SMILES string of the molecule is COc1ccc(CC(CO)CC(=O)Cc2ccc(Cl)cc2)cc1. The van der Waals surface area contributed by atoms with Gasteiger partial charge in [0.2, 0.25) is 0 Å². The monoisotopic (exact) mass is 332 g/mol. The number of ether oxygens (including phenoxy) is 1. The van der Waals surface area contributed by atoms with Crippen molar-refractivity contribution in [3.63, 3.8) is 0 Å². The topological polar surface area (TPSA) is 46.5 Å². The van der Waals surface area contributed by atoms with Gasteiger partial charge in [-0.3, -0.25) is 4.79 Å². The molecular formula is C19H21ClO3. The second kappa shape index (κ2) is 8.70. The second-order valence-electron chi connectivity index (χ2n) is 5.65. The van der Waals surface area contributed by atoms with Crippen molar-refractivity contribution in [2.45, 2.75) is 19.3 Å². The Hall–Kier alpha value is -1.84. The van der Waals surface area contributed by atoms with Gasteiger partial charge in [-0.1, -0.05) is 35.9 Å². The predicted octanol–water partition coefficient (Wildman–Crippen LogP) is 3.70. The second-order valence-corrected chi connectivity index (χ2v) is 6.08. The van der Waals surface area contributed by atoms with Crippen molar-refractivity contribution in [3.05, 3.63) is 64.7 Å². The lowest BCUT2D eigenvalue weighted by atomic mass is 9.93. The van der Waals surface area contributed by atoms with E-state index >= 15 is 0 Å². The molecule has 1 N–H and O–H groups in total. The van der Waals surface area contributed by atoms with Gasteiger partial charge in [0.15, 0.2) is 0 Å². The van der Waals surface area contributed by atoms with E-state index in [0.717, 1.165) is 16.9 Å². The Kier molecular flexibility index (Phi) is 6.63. The molecule has 0 saturated heterocycles. The summed E-state index contributed by atoms with van der Waals surface area (Å²) >= 11 is 5.84. The third-order valence-electron chi connectivity index (χ3n) is 3.77. The summed E-state index contributed by atoms with van der Waals surface area (Å²) < 4.78 is 5.13. The molecule has 0 saturated carbocycles. The van der Waals surface area contributed by atoms with E-state index in [9.17, 15) is 9.90 Å². The van der Waals surface area contributed by atoms with Crippen LogP contribution in [0.1, 0.15) is 17.5 Å². The number of hydrogen-bond donors (Lipinski definition) is 1. The van der Waals surface area contributed by atoms with E-state index in [2.05, 4.69) is 0 Å². The molecule has 0 aliphatic carbocycles. The molecule has 0 spiro atoms. The van der Waals surface area contributed by atoms with Gasteiger partial charge in [-0.25, -0.2) is 0 Å². The highest BCUT2D eigenvalue weighted by Gasteiger charge is 2.14. The number of halogens is 1. The first-order valence-electron chi connectivity index (χ1n) is 7.60. The van der Waals surface area contributed by atoms with Gasteiger partial charge in [-0.05, 0) is 47.7 Å². The molecule has 2 rings (SSSR count). The number of methoxy groups -OCH3 is 1. The minimum atomic E-state index is -0.0665. The molecule has 0 aliphatic heterocycles. The molecule has 2 aromatic rings. The molecule has 23 heavy (non-hydrogen) atoms. The summed E-state index contributed by atoms with van der Waals surface area (Å²) in [4.78, 5) is 12.2. The summed E-state index contributed by atoms with van der Waals surface area (Å²) in [6.07, 6.45) is 1.41. The van der Waals surface area contributed by atoms with Crippen LogP contribution in [0.3, 0.4) is 0 Å². The molecule has 3 nitrogen and oxygen atoms in total. The van der Waals surface area contributed by atoms with Gasteiger partial charge < -0.3 is 9.84 Å². The Labute approximate surface area is 141 Å². The predicted molar refractivity (Wildman–Crippen MR) is 92.1 cm³/mol. The molecule has 1 atom stereocenters. The van der Waals surface area contributed by atoms with Gasteiger partial charge in [-0.2, -0.15) is 0 Å². The highest BCUT2D eigenvalue weighted by Crippen LogP contribution is 2.18. The van der Waals surface area contributed by atoms with Crippen molar-refractivity contribution >= 4 is 17.4 Å². The molecule has 4 heteroatoms. The molecular weight excluding hydrogens is 312 g/mol. The summed E-state index contributed by atoms with van der Waals surface area (Å²) in [5.41, 5.74) is 2.03. The van der Waals surface area contributed by atoms with E-state index in [0.29, 0.717) is 24.3 Å². The third kappa shape index (κ3) is 5.70. The van der Waals surface area contributed by atoms with Gasteiger partial charge in [0.05, 0.1) is 7.11 Å². The smallest absolute Gasteiger partial charge is 0.137 e. The van der Waals surface area contributed by atoms with Crippen molar-refractivity contribution in [2.24, 2.45) is 5.92 Å². The van der Waals surface area contributed by atoms with Crippen LogP contribution in [0.2, 0.25) is 5.02 Å². The molecule has 2 aromatic carbocycles. The number of hydrogen-bond acceptors (Lipinski definition) is 3. The largest absolute Gasteiger partial charge is 0.497 e. The fourth-order valence-corrected chi connectivity index (χ4v) is 2.65. The maximum Gasteiger partial charge on any atom is 0.137 e. The Morgan fingerprint density at radius 2 is 1.70 bits per heavy atom. The van der Waals surface area contributed by atoms with Gasteiger partial charge in [0.1, 0.15) is 11.5 Å². The number of benzene rings is 2. The van der Waals surface area contributed by atoms with Gasteiger partial charge in [0.25, 0.3) is 0 Å². The Balaban J connectivity index is 1.89. The van der Waals surface area contributed by atoms with Crippen LogP contribution in [-0.4, -0.2) is 24.6 Å². The maximum absolute atomic E-state index is 12.2. The number of Topliss-reactive ketones (excluding diaryl/α,β-unsaturated/α-hetero) is 1. The number of aliphatic hydroxyl groups is 1. The average molecular weight is 333 g/mol.